The third-order valence-corrected chi connectivity index (χ3v) is 2.47. The zero-order valence-electron chi connectivity index (χ0n) is 8.49. The number of hydrogen-bond donors (Lipinski definition) is 1. The molecule has 2 heteroatoms. The predicted molar refractivity (Wildman–Crippen MR) is 57.3 cm³/mol. The normalized spacial score (nSPS) is 12.7. The summed E-state index contributed by atoms with van der Waals surface area (Å²) < 4.78 is 0. The second kappa shape index (κ2) is 3.66. The van der Waals surface area contributed by atoms with E-state index in [9.17, 15) is 0 Å². The van der Waals surface area contributed by atoms with E-state index in [1.807, 2.05) is 6.20 Å². The maximum atomic E-state index is 4.27. The molecule has 1 aromatic heterocycles. The summed E-state index contributed by atoms with van der Waals surface area (Å²) in [6, 6.07) is 8.54. The van der Waals surface area contributed by atoms with Gasteiger partial charge < -0.3 is 4.98 Å². The van der Waals surface area contributed by atoms with Crippen molar-refractivity contribution in [2.24, 2.45) is 0 Å². The number of hydrogen-bond acceptors (Lipinski definition) is 1. The van der Waals surface area contributed by atoms with Crippen LogP contribution in [-0.4, -0.2) is 9.97 Å². The van der Waals surface area contributed by atoms with Crippen LogP contribution in [0.25, 0.3) is 0 Å². The van der Waals surface area contributed by atoms with Crippen LogP contribution >= 0.6 is 0 Å². The highest BCUT2D eigenvalue weighted by Crippen LogP contribution is 2.21. The van der Waals surface area contributed by atoms with E-state index >= 15 is 0 Å². The smallest absolute Gasteiger partial charge is 0.113 e. The molecule has 2 aromatic rings. The molecule has 0 saturated carbocycles. The van der Waals surface area contributed by atoms with Crippen molar-refractivity contribution in [2.75, 3.05) is 0 Å². The van der Waals surface area contributed by atoms with Crippen molar-refractivity contribution in [1.82, 2.24) is 9.97 Å². The minimum atomic E-state index is 0.338. The molecule has 0 aliphatic carbocycles. The summed E-state index contributed by atoms with van der Waals surface area (Å²) in [5, 5.41) is 0. The van der Waals surface area contributed by atoms with Gasteiger partial charge in [0.2, 0.25) is 0 Å². The molecule has 14 heavy (non-hydrogen) atoms. The Hall–Kier alpha value is -1.57. The van der Waals surface area contributed by atoms with E-state index in [-0.39, 0.29) is 0 Å². The highest BCUT2D eigenvalue weighted by molar-refractivity contribution is 5.28. The highest BCUT2D eigenvalue weighted by Gasteiger charge is 2.09. The molecule has 1 unspecified atom stereocenters. The third kappa shape index (κ3) is 1.69. The Bertz CT molecular complexity index is 404. The van der Waals surface area contributed by atoms with Crippen molar-refractivity contribution in [1.29, 1.82) is 0 Å². The average molecular weight is 186 g/mol. The summed E-state index contributed by atoms with van der Waals surface area (Å²) in [5.41, 5.74) is 2.60. The molecule has 0 radical (unpaired) electrons. The first-order chi connectivity index (χ1) is 6.77. The molecular formula is C12H14N2. The number of nitrogens with zero attached hydrogens (tertiary/aromatic N) is 1. The molecule has 1 N–H and O–H groups in total. The lowest BCUT2D eigenvalue weighted by atomic mass is 9.99. The van der Waals surface area contributed by atoms with Gasteiger partial charge in [-0.3, -0.25) is 0 Å². The van der Waals surface area contributed by atoms with Gasteiger partial charge in [0, 0.05) is 18.3 Å². The molecule has 2 rings (SSSR count). The Kier molecular flexibility index (Phi) is 2.35. The fourth-order valence-corrected chi connectivity index (χ4v) is 1.61. The number of benzene rings is 1. The van der Waals surface area contributed by atoms with E-state index in [1.54, 1.807) is 6.20 Å². The zero-order chi connectivity index (χ0) is 9.97. The van der Waals surface area contributed by atoms with Crippen LogP contribution in [-0.2, 0) is 0 Å². The molecular weight excluding hydrogens is 172 g/mol. The van der Waals surface area contributed by atoms with Gasteiger partial charge in [-0.05, 0) is 12.5 Å². The monoisotopic (exact) mass is 186 g/mol. The maximum Gasteiger partial charge on any atom is 0.113 e. The zero-order valence-corrected chi connectivity index (χ0v) is 8.49. The van der Waals surface area contributed by atoms with Crippen LogP contribution in [0.1, 0.15) is 29.8 Å². The molecule has 72 valence electrons. The van der Waals surface area contributed by atoms with Gasteiger partial charge in [0.15, 0.2) is 0 Å². The van der Waals surface area contributed by atoms with E-state index in [0.717, 1.165) is 5.82 Å². The fourth-order valence-electron chi connectivity index (χ4n) is 1.61. The van der Waals surface area contributed by atoms with Crippen molar-refractivity contribution in [2.45, 2.75) is 19.8 Å². The quantitative estimate of drug-likeness (QED) is 0.767. The van der Waals surface area contributed by atoms with Crippen molar-refractivity contribution in [3.8, 4) is 0 Å². The van der Waals surface area contributed by atoms with Gasteiger partial charge in [0.05, 0.1) is 0 Å². The summed E-state index contributed by atoms with van der Waals surface area (Å²) in [7, 11) is 0. The van der Waals surface area contributed by atoms with Crippen molar-refractivity contribution in [3.05, 3.63) is 53.6 Å². The molecule has 0 amide bonds. The van der Waals surface area contributed by atoms with Gasteiger partial charge in [-0.1, -0.05) is 36.8 Å². The van der Waals surface area contributed by atoms with Crippen molar-refractivity contribution < 1.29 is 0 Å². The number of aromatic nitrogens is 2. The molecule has 1 atom stereocenters. The Morgan fingerprint density at radius 2 is 2.21 bits per heavy atom. The fraction of sp³-hybridized carbons (Fsp3) is 0.250. The second-order valence-corrected chi connectivity index (χ2v) is 3.61. The molecule has 0 aliphatic rings. The van der Waals surface area contributed by atoms with E-state index in [4.69, 9.17) is 0 Å². The van der Waals surface area contributed by atoms with Crippen molar-refractivity contribution in [3.63, 3.8) is 0 Å². The Morgan fingerprint density at radius 3 is 2.86 bits per heavy atom. The predicted octanol–water partition coefficient (Wildman–Crippen LogP) is 2.87. The van der Waals surface area contributed by atoms with E-state index in [1.165, 1.54) is 11.1 Å². The standard InChI is InChI=1S/C12H14N2/c1-9-4-3-5-11(8-9)10(2)12-13-6-7-14-12/h3-8,10H,1-2H3,(H,13,14). The summed E-state index contributed by atoms with van der Waals surface area (Å²) >= 11 is 0. The Balaban J connectivity index is 2.32. The number of H-pyrrole nitrogens is 1. The third-order valence-electron chi connectivity index (χ3n) is 2.47. The molecule has 0 bridgehead atoms. The van der Waals surface area contributed by atoms with Crippen LogP contribution in [0.2, 0.25) is 0 Å². The van der Waals surface area contributed by atoms with Gasteiger partial charge in [0.25, 0.3) is 0 Å². The number of nitrogens with one attached hydrogen (secondary N) is 1. The van der Waals surface area contributed by atoms with Crippen LogP contribution in [0, 0.1) is 6.92 Å². The molecule has 0 spiro atoms. The molecule has 0 aliphatic heterocycles. The summed E-state index contributed by atoms with van der Waals surface area (Å²) in [5.74, 6) is 1.36. The first-order valence-corrected chi connectivity index (χ1v) is 4.83. The largest absolute Gasteiger partial charge is 0.348 e. The first-order valence-electron chi connectivity index (χ1n) is 4.83. The van der Waals surface area contributed by atoms with E-state index in [0.29, 0.717) is 5.92 Å². The number of aromatic amines is 1. The lowest BCUT2D eigenvalue weighted by Gasteiger charge is -2.09. The lowest BCUT2D eigenvalue weighted by Crippen LogP contribution is -1.98. The number of imidazole rings is 1. The van der Waals surface area contributed by atoms with Crippen LogP contribution in [0.4, 0.5) is 0 Å². The summed E-state index contributed by atoms with van der Waals surface area (Å²) in [4.78, 5) is 7.41. The molecule has 0 saturated heterocycles. The molecule has 2 nitrogen and oxygen atoms in total. The van der Waals surface area contributed by atoms with Crippen LogP contribution in [0.15, 0.2) is 36.7 Å². The molecule has 0 fully saturated rings. The SMILES string of the molecule is Cc1cccc(C(C)c2ncc[nH]2)c1. The van der Waals surface area contributed by atoms with Gasteiger partial charge in [-0.25, -0.2) is 4.98 Å². The topological polar surface area (TPSA) is 28.7 Å². The van der Waals surface area contributed by atoms with Gasteiger partial charge in [0.1, 0.15) is 5.82 Å². The lowest BCUT2D eigenvalue weighted by molar-refractivity contribution is 0.839. The van der Waals surface area contributed by atoms with Crippen LogP contribution in [0.3, 0.4) is 0 Å². The highest BCUT2D eigenvalue weighted by atomic mass is 14.9. The van der Waals surface area contributed by atoms with E-state index < -0.39 is 0 Å². The van der Waals surface area contributed by atoms with E-state index in [2.05, 4.69) is 48.1 Å². The number of aryl methyl sites for hydroxylation is 1. The second-order valence-electron chi connectivity index (χ2n) is 3.61. The maximum absolute atomic E-state index is 4.27. The van der Waals surface area contributed by atoms with Crippen LogP contribution < -0.4 is 0 Å². The van der Waals surface area contributed by atoms with Gasteiger partial charge in [-0.2, -0.15) is 0 Å². The molecule has 1 aromatic carbocycles. The minimum absolute atomic E-state index is 0.338. The molecule has 1 heterocycles. The summed E-state index contributed by atoms with van der Waals surface area (Å²) in [6.07, 6.45) is 3.66. The summed E-state index contributed by atoms with van der Waals surface area (Å²) in [6.45, 7) is 4.27. The first kappa shape index (κ1) is 9.00. The van der Waals surface area contributed by atoms with Crippen molar-refractivity contribution >= 4 is 0 Å². The average Bonchev–Trinajstić information content (AvgIpc) is 2.69. The van der Waals surface area contributed by atoms with Gasteiger partial charge in [-0.15, -0.1) is 0 Å². The van der Waals surface area contributed by atoms with Gasteiger partial charge >= 0.3 is 0 Å². The van der Waals surface area contributed by atoms with Crippen LogP contribution in [0.5, 0.6) is 0 Å². The minimum Gasteiger partial charge on any atom is -0.348 e. The Labute approximate surface area is 84.0 Å². The Morgan fingerprint density at radius 1 is 1.36 bits per heavy atom. The number of rotatable bonds is 2.